The minimum Gasteiger partial charge on any atom is -0.492 e. The summed E-state index contributed by atoms with van der Waals surface area (Å²) in [4.78, 5) is 24.4. The quantitative estimate of drug-likeness (QED) is 0.641. The minimum atomic E-state index is 0.125. The molecule has 2 aromatic rings. The molecular formula is C27H38N4O2. The number of rotatable bonds is 7. The maximum absolute atomic E-state index is 12.9. The smallest absolute Gasteiger partial charge is 0.226 e. The van der Waals surface area contributed by atoms with Gasteiger partial charge in [-0.1, -0.05) is 12.1 Å². The summed E-state index contributed by atoms with van der Waals surface area (Å²) in [5.41, 5.74) is 4.70. The number of aryl methyl sites for hydroxylation is 1. The molecule has 0 N–H and O–H groups in total. The fourth-order valence-electron chi connectivity index (χ4n) is 5.10. The predicted octanol–water partition coefficient (Wildman–Crippen LogP) is 3.87. The van der Waals surface area contributed by atoms with Crippen molar-refractivity contribution in [3.8, 4) is 5.75 Å². The van der Waals surface area contributed by atoms with Crippen molar-refractivity contribution < 1.29 is 9.53 Å². The number of carbonyl (C=O) groups is 1. The summed E-state index contributed by atoms with van der Waals surface area (Å²) in [6.45, 7) is 13.8. The third kappa shape index (κ3) is 6.12. The van der Waals surface area contributed by atoms with E-state index < -0.39 is 0 Å². The molecule has 0 radical (unpaired) electrons. The number of hydrogen-bond acceptors (Lipinski definition) is 5. The van der Waals surface area contributed by atoms with E-state index in [0.29, 0.717) is 12.5 Å². The summed E-state index contributed by atoms with van der Waals surface area (Å²) in [6.07, 6.45) is 2.09. The molecule has 1 aromatic heterocycles. The number of benzene rings is 1. The van der Waals surface area contributed by atoms with Crippen LogP contribution in [-0.4, -0.2) is 64.9 Å². The highest BCUT2D eigenvalue weighted by Gasteiger charge is 2.28. The van der Waals surface area contributed by atoms with E-state index in [4.69, 9.17) is 4.74 Å². The molecule has 1 saturated heterocycles. The van der Waals surface area contributed by atoms with Crippen LogP contribution >= 0.6 is 0 Å². The first-order valence-corrected chi connectivity index (χ1v) is 12.5. The highest BCUT2D eigenvalue weighted by molar-refractivity contribution is 5.79. The van der Waals surface area contributed by atoms with Gasteiger partial charge < -0.3 is 9.64 Å². The second kappa shape index (κ2) is 11.1. The van der Waals surface area contributed by atoms with Crippen LogP contribution < -0.4 is 4.74 Å². The van der Waals surface area contributed by atoms with Crippen molar-refractivity contribution in [3.05, 3.63) is 58.9 Å². The third-order valence-corrected chi connectivity index (χ3v) is 6.85. The lowest BCUT2D eigenvalue weighted by Crippen LogP contribution is -2.44. The van der Waals surface area contributed by atoms with Crippen molar-refractivity contribution >= 4 is 5.91 Å². The molecule has 0 aliphatic carbocycles. The van der Waals surface area contributed by atoms with E-state index in [-0.39, 0.29) is 5.92 Å². The van der Waals surface area contributed by atoms with Crippen LogP contribution in [0.2, 0.25) is 0 Å². The van der Waals surface area contributed by atoms with Crippen LogP contribution in [-0.2, 0) is 24.4 Å². The van der Waals surface area contributed by atoms with Gasteiger partial charge >= 0.3 is 0 Å². The zero-order chi connectivity index (χ0) is 23.2. The first-order valence-electron chi connectivity index (χ1n) is 12.5. The summed E-state index contributed by atoms with van der Waals surface area (Å²) in [7, 11) is 0. The zero-order valence-corrected chi connectivity index (χ0v) is 20.4. The SMILES string of the molecule is CCN(CC)C(=O)C1CCCN(Cc2ccc3c(c2)CN(Cc2cccc(C)n2)CCO3)C1. The summed E-state index contributed by atoms with van der Waals surface area (Å²) in [6, 6.07) is 12.8. The van der Waals surface area contributed by atoms with Crippen LogP contribution in [0, 0.1) is 12.8 Å². The van der Waals surface area contributed by atoms with Crippen LogP contribution in [0.25, 0.3) is 0 Å². The molecule has 2 aliphatic heterocycles. The first kappa shape index (κ1) is 23.7. The molecule has 0 spiro atoms. The Morgan fingerprint density at radius 1 is 1.12 bits per heavy atom. The number of fused-ring (bicyclic) bond motifs is 1. The lowest BCUT2D eigenvalue weighted by molar-refractivity contribution is -0.137. The number of likely N-dealkylation sites (tertiary alicyclic amines) is 1. The number of aromatic nitrogens is 1. The van der Waals surface area contributed by atoms with Gasteiger partial charge in [0.1, 0.15) is 12.4 Å². The molecule has 0 saturated carbocycles. The van der Waals surface area contributed by atoms with Crippen molar-refractivity contribution in [2.75, 3.05) is 39.3 Å². The van der Waals surface area contributed by atoms with Crippen molar-refractivity contribution in [2.24, 2.45) is 5.92 Å². The summed E-state index contributed by atoms with van der Waals surface area (Å²) in [5, 5.41) is 0. The topological polar surface area (TPSA) is 48.9 Å². The van der Waals surface area contributed by atoms with Crippen LogP contribution in [0.4, 0.5) is 0 Å². The van der Waals surface area contributed by atoms with E-state index in [2.05, 4.69) is 59.0 Å². The van der Waals surface area contributed by atoms with Crippen molar-refractivity contribution in [1.29, 1.82) is 0 Å². The summed E-state index contributed by atoms with van der Waals surface area (Å²) < 4.78 is 6.06. The van der Waals surface area contributed by atoms with Gasteiger partial charge in [-0.15, -0.1) is 0 Å². The molecule has 6 heteroatoms. The largest absolute Gasteiger partial charge is 0.492 e. The van der Waals surface area contributed by atoms with Gasteiger partial charge in [-0.05, 0) is 70.0 Å². The monoisotopic (exact) mass is 450 g/mol. The Labute approximate surface area is 198 Å². The molecule has 1 amide bonds. The predicted molar refractivity (Wildman–Crippen MR) is 131 cm³/mol. The Balaban J connectivity index is 1.41. The number of nitrogens with zero attached hydrogens (tertiary/aromatic N) is 4. The minimum absolute atomic E-state index is 0.125. The number of amides is 1. The Morgan fingerprint density at radius 2 is 1.97 bits per heavy atom. The van der Waals surface area contributed by atoms with Gasteiger partial charge in [-0.2, -0.15) is 0 Å². The maximum Gasteiger partial charge on any atom is 0.226 e. The number of carbonyl (C=O) groups excluding carboxylic acids is 1. The number of hydrogen-bond donors (Lipinski definition) is 0. The molecule has 6 nitrogen and oxygen atoms in total. The Kier molecular flexibility index (Phi) is 7.99. The average molecular weight is 451 g/mol. The second-order valence-electron chi connectivity index (χ2n) is 9.36. The Morgan fingerprint density at radius 3 is 2.76 bits per heavy atom. The lowest BCUT2D eigenvalue weighted by atomic mass is 9.95. The molecule has 2 aliphatic rings. The molecule has 33 heavy (non-hydrogen) atoms. The highest BCUT2D eigenvalue weighted by Crippen LogP contribution is 2.27. The van der Waals surface area contributed by atoms with E-state index in [1.807, 2.05) is 17.9 Å². The molecule has 1 aromatic carbocycles. The summed E-state index contributed by atoms with van der Waals surface area (Å²) >= 11 is 0. The maximum atomic E-state index is 12.9. The highest BCUT2D eigenvalue weighted by atomic mass is 16.5. The normalized spacial score (nSPS) is 19.4. The number of ether oxygens (including phenoxy) is 1. The van der Waals surface area contributed by atoms with E-state index in [1.165, 1.54) is 11.1 Å². The fourth-order valence-corrected chi connectivity index (χ4v) is 5.10. The molecule has 1 unspecified atom stereocenters. The lowest BCUT2D eigenvalue weighted by Gasteiger charge is -2.34. The van der Waals surface area contributed by atoms with Crippen LogP contribution in [0.15, 0.2) is 36.4 Å². The van der Waals surface area contributed by atoms with Crippen LogP contribution in [0.3, 0.4) is 0 Å². The van der Waals surface area contributed by atoms with Crippen molar-refractivity contribution in [1.82, 2.24) is 19.7 Å². The van der Waals surface area contributed by atoms with Gasteiger partial charge in [0.2, 0.25) is 5.91 Å². The van der Waals surface area contributed by atoms with Gasteiger partial charge in [0.15, 0.2) is 0 Å². The van der Waals surface area contributed by atoms with Gasteiger partial charge in [0.25, 0.3) is 0 Å². The van der Waals surface area contributed by atoms with Gasteiger partial charge in [0, 0.05) is 57.1 Å². The molecule has 1 fully saturated rings. The summed E-state index contributed by atoms with van der Waals surface area (Å²) in [5.74, 6) is 1.44. The molecular weight excluding hydrogens is 412 g/mol. The van der Waals surface area contributed by atoms with E-state index in [1.54, 1.807) is 0 Å². The molecule has 3 heterocycles. The van der Waals surface area contributed by atoms with E-state index >= 15 is 0 Å². The second-order valence-corrected chi connectivity index (χ2v) is 9.36. The molecule has 1 atom stereocenters. The molecule has 178 valence electrons. The standard InChI is InChI=1S/C27H38N4O2/c1-4-31(5-2)27(32)23-9-7-13-29(18-23)17-22-11-12-26-24(16-22)19-30(14-15-33-26)20-25-10-6-8-21(3)28-25/h6,8,10-12,16,23H,4-5,7,9,13-15,17-20H2,1-3H3. The Hall–Kier alpha value is -2.44. The van der Waals surface area contributed by atoms with Crippen molar-refractivity contribution in [2.45, 2.75) is 53.2 Å². The molecule has 0 bridgehead atoms. The number of pyridine rings is 1. The number of piperidine rings is 1. The Bertz CT molecular complexity index is 943. The van der Waals surface area contributed by atoms with Crippen LogP contribution in [0.5, 0.6) is 5.75 Å². The first-order chi connectivity index (χ1) is 16.1. The van der Waals surface area contributed by atoms with Crippen LogP contribution in [0.1, 0.15) is 49.2 Å². The third-order valence-electron chi connectivity index (χ3n) is 6.85. The molecule has 4 rings (SSSR count). The van der Waals surface area contributed by atoms with E-state index in [9.17, 15) is 4.79 Å². The van der Waals surface area contributed by atoms with Gasteiger partial charge in [0.05, 0.1) is 11.6 Å². The van der Waals surface area contributed by atoms with Crippen molar-refractivity contribution in [3.63, 3.8) is 0 Å². The fraction of sp³-hybridized carbons (Fsp3) is 0.556. The average Bonchev–Trinajstić information content (AvgIpc) is 3.01. The van der Waals surface area contributed by atoms with Gasteiger partial charge in [-0.3, -0.25) is 19.6 Å². The zero-order valence-electron chi connectivity index (χ0n) is 20.4. The van der Waals surface area contributed by atoms with E-state index in [0.717, 1.165) is 82.3 Å². The van der Waals surface area contributed by atoms with Gasteiger partial charge in [-0.25, -0.2) is 0 Å².